The smallest absolute Gasteiger partial charge is 0.324 e. The number of nitrogens with one attached hydrogen (secondary N) is 3. The number of benzene rings is 3. The molecule has 2 atom stereocenters. The van der Waals surface area contributed by atoms with E-state index in [1.54, 1.807) is 72.8 Å². The number of hydrogen-bond donors (Lipinski definition) is 3. The van der Waals surface area contributed by atoms with Gasteiger partial charge in [0.15, 0.2) is 0 Å². The SMILES string of the molecule is O=C1CN(CCCOC2CN(S(=O)(=O)c3cccc(OCC4CC4)c3)C2)C(=O)N1.O=C1CN(CCCO[C@H]2CCCN(S(=O)(=O)c3cccc(OCC4CC4)c3)C2)C(=O)N1.O=C1CN(CCCO[C@H]2CCN(S(=O)(=O)c3cccc(OCC4CC4)c3)C2)C(=O)N1. The molecule has 30 heteroatoms. The molecule has 9 aliphatic rings. The van der Waals surface area contributed by atoms with Crippen molar-refractivity contribution >= 4 is 65.9 Å². The summed E-state index contributed by atoms with van der Waals surface area (Å²) in [5.74, 6) is 2.67. The van der Waals surface area contributed by atoms with E-state index < -0.39 is 30.1 Å². The second kappa shape index (κ2) is 30.3. The fourth-order valence-electron chi connectivity index (χ4n) is 10.6. The summed E-state index contributed by atoms with van der Waals surface area (Å²) in [7, 11) is -10.8. The Kier molecular flexibility index (Phi) is 22.3. The summed E-state index contributed by atoms with van der Waals surface area (Å²) in [6, 6.07) is 18.9. The fourth-order valence-corrected chi connectivity index (χ4v) is 15.2. The van der Waals surface area contributed by atoms with Crippen molar-refractivity contribution in [1.82, 2.24) is 43.6 Å². The van der Waals surface area contributed by atoms with Crippen LogP contribution in [0.3, 0.4) is 0 Å². The molecule has 0 bridgehead atoms. The fraction of sp³-hybridized carbons (Fsp3) is 0.600. The second-order valence-electron chi connectivity index (χ2n) is 24.0. The molecule has 3 N–H and O–H groups in total. The first-order chi connectivity index (χ1) is 43.2. The summed E-state index contributed by atoms with van der Waals surface area (Å²) < 4.78 is 117. The maximum absolute atomic E-state index is 13.1. The molecule has 27 nitrogen and oxygen atoms in total. The lowest BCUT2D eigenvalue weighted by Crippen LogP contribution is -2.54. The Morgan fingerprint density at radius 2 is 0.733 bits per heavy atom. The van der Waals surface area contributed by atoms with Crippen molar-refractivity contribution in [2.45, 2.75) is 110 Å². The normalized spacial score (nSPS) is 21.9. The molecule has 12 rings (SSSR count). The van der Waals surface area contributed by atoms with Gasteiger partial charge < -0.3 is 43.1 Å². The van der Waals surface area contributed by atoms with Crippen LogP contribution in [0.4, 0.5) is 14.4 Å². The first kappa shape index (κ1) is 66.4. The highest BCUT2D eigenvalue weighted by Gasteiger charge is 2.39. The zero-order valence-electron chi connectivity index (χ0n) is 50.4. The van der Waals surface area contributed by atoms with Crippen molar-refractivity contribution in [3.05, 3.63) is 72.8 Å². The summed E-state index contributed by atoms with van der Waals surface area (Å²) in [4.78, 5) is 73.0. The van der Waals surface area contributed by atoms with Crippen LogP contribution in [0.5, 0.6) is 17.2 Å². The van der Waals surface area contributed by atoms with Crippen LogP contribution >= 0.6 is 0 Å². The molecule has 90 heavy (non-hydrogen) atoms. The third-order valence-corrected chi connectivity index (χ3v) is 22.1. The molecule has 492 valence electrons. The summed E-state index contributed by atoms with van der Waals surface area (Å²) in [5, 5.41) is 6.69. The highest BCUT2D eigenvalue weighted by Crippen LogP contribution is 2.34. The zero-order chi connectivity index (χ0) is 63.4. The quantitative estimate of drug-likeness (QED) is 0.0634. The minimum absolute atomic E-state index is 0.0811. The number of carbonyl (C=O) groups excluding carboxylic acids is 6. The monoisotopic (exact) mass is 1310 g/mol. The maximum Gasteiger partial charge on any atom is 0.324 e. The van der Waals surface area contributed by atoms with Gasteiger partial charge in [-0.05, 0) is 131 Å². The number of imide groups is 3. The van der Waals surface area contributed by atoms with Gasteiger partial charge in [-0.2, -0.15) is 12.9 Å². The molecule has 9 fully saturated rings. The number of carbonyl (C=O) groups is 6. The second-order valence-corrected chi connectivity index (χ2v) is 29.8. The van der Waals surface area contributed by atoms with E-state index in [4.69, 9.17) is 28.4 Å². The van der Waals surface area contributed by atoms with Crippen molar-refractivity contribution in [1.29, 1.82) is 0 Å². The predicted octanol–water partition coefficient (Wildman–Crippen LogP) is 3.59. The van der Waals surface area contributed by atoms with Gasteiger partial charge in [0, 0.05) is 96.9 Å². The summed E-state index contributed by atoms with van der Waals surface area (Å²) in [6.45, 7) is 6.74. The Morgan fingerprint density at radius 3 is 1.09 bits per heavy atom. The summed E-state index contributed by atoms with van der Waals surface area (Å²) in [5.41, 5.74) is 0. The first-order valence-corrected chi connectivity index (χ1v) is 35.4. The highest BCUT2D eigenvalue weighted by molar-refractivity contribution is 7.89. The van der Waals surface area contributed by atoms with Crippen molar-refractivity contribution in [3.63, 3.8) is 0 Å². The van der Waals surface area contributed by atoms with Gasteiger partial charge in [0.25, 0.3) is 0 Å². The molecule has 0 spiro atoms. The van der Waals surface area contributed by atoms with Crippen molar-refractivity contribution in [3.8, 4) is 17.2 Å². The molecule has 0 unspecified atom stereocenters. The van der Waals surface area contributed by atoms with E-state index in [-0.39, 0.29) is 88.4 Å². The van der Waals surface area contributed by atoms with Crippen molar-refractivity contribution in [2.75, 3.05) is 118 Å². The number of amides is 9. The molecule has 3 aromatic carbocycles. The van der Waals surface area contributed by atoms with Gasteiger partial charge in [-0.15, -0.1) is 0 Å². The molecule has 6 saturated heterocycles. The van der Waals surface area contributed by atoms with Crippen LogP contribution < -0.4 is 30.2 Å². The van der Waals surface area contributed by atoms with Crippen molar-refractivity contribution < 1.29 is 82.4 Å². The number of sulfonamides is 3. The van der Waals surface area contributed by atoms with Crippen LogP contribution in [-0.2, 0) is 58.7 Å². The average Bonchev–Trinajstić information content (AvgIpc) is 1.28. The van der Waals surface area contributed by atoms with Gasteiger partial charge in [0.05, 0.1) is 52.8 Å². The zero-order valence-corrected chi connectivity index (χ0v) is 52.8. The molecular weight excluding hydrogens is 1230 g/mol. The molecule has 9 amide bonds. The predicted molar refractivity (Wildman–Crippen MR) is 323 cm³/mol. The summed E-state index contributed by atoms with van der Waals surface area (Å²) >= 11 is 0. The Morgan fingerprint density at radius 1 is 0.400 bits per heavy atom. The number of rotatable bonds is 30. The number of urea groups is 3. The standard InChI is InChI=1S/C21H29N3O6S.C20H27N3O6S.C19H25N3O6S/c25-20-14-23(21(26)22-20)9-3-11-29-18-5-2-10-24(13-18)31(27,28)19-6-1-4-17(12-19)30-15-16-7-8-16;24-19-13-22(20(25)21-19)8-2-10-28-17-7-9-23(12-17)30(26,27)18-4-1-3-16(11-18)29-14-15-5-6-15;23-18-12-21(19(24)20-18)7-2-8-27-16-10-22(11-16)29(25,26)17-4-1-3-15(9-17)28-13-14-5-6-14/h1,4,6,12,16,18H,2-3,5,7-11,13-15H2,(H,22,25,26);1,3-4,11,15,17H,2,5-10,12-14H2,(H,21,24,25);1,3-4,9,14,16H,2,5-8,10-13H2,(H,20,23,24)/t18-;17-;/m00./s1. The number of piperidine rings is 1. The van der Waals surface area contributed by atoms with E-state index in [0.29, 0.717) is 159 Å². The van der Waals surface area contributed by atoms with Gasteiger partial charge in [0.1, 0.15) is 36.9 Å². The summed E-state index contributed by atoms with van der Waals surface area (Å²) in [6.07, 6.45) is 10.4. The van der Waals surface area contributed by atoms with Gasteiger partial charge in [-0.3, -0.25) is 30.3 Å². The van der Waals surface area contributed by atoms with Crippen LogP contribution in [0.15, 0.2) is 87.5 Å². The van der Waals surface area contributed by atoms with Crippen LogP contribution in [-0.4, -0.2) is 225 Å². The largest absolute Gasteiger partial charge is 0.493 e. The Labute approximate surface area is 525 Å². The lowest BCUT2D eigenvalue weighted by atomic mass is 10.1. The minimum atomic E-state index is -3.62. The minimum Gasteiger partial charge on any atom is -0.493 e. The number of ether oxygens (including phenoxy) is 6. The Balaban J connectivity index is 0.000000149. The topological polar surface area (TPSA) is 316 Å². The first-order valence-electron chi connectivity index (χ1n) is 31.1. The van der Waals surface area contributed by atoms with E-state index >= 15 is 0 Å². The van der Waals surface area contributed by atoms with Gasteiger partial charge >= 0.3 is 18.1 Å². The molecule has 6 aliphatic heterocycles. The van der Waals surface area contributed by atoms with E-state index in [2.05, 4.69) is 16.0 Å². The number of hydrogen-bond acceptors (Lipinski definition) is 18. The van der Waals surface area contributed by atoms with Gasteiger partial charge in [-0.25, -0.2) is 39.6 Å². The highest BCUT2D eigenvalue weighted by atomic mass is 32.2. The van der Waals surface area contributed by atoms with Gasteiger partial charge in [-0.1, -0.05) is 18.2 Å². The van der Waals surface area contributed by atoms with Crippen LogP contribution in [0.2, 0.25) is 0 Å². The lowest BCUT2D eigenvalue weighted by molar-refractivity contribution is -0.119. The molecule has 3 aliphatic carbocycles. The molecule has 3 saturated carbocycles. The van der Waals surface area contributed by atoms with Crippen LogP contribution in [0, 0.1) is 17.8 Å². The van der Waals surface area contributed by atoms with Crippen LogP contribution in [0.25, 0.3) is 0 Å². The Bertz CT molecular complexity index is 3400. The third kappa shape index (κ3) is 18.8. The van der Waals surface area contributed by atoms with E-state index in [9.17, 15) is 54.0 Å². The maximum atomic E-state index is 13.1. The van der Waals surface area contributed by atoms with Crippen LogP contribution in [0.1, 0.15) is 77.0 Å². The molecule has 0 aromatic heterocycles. The van der Waals surface area contributed by atoms with E-state index in [1.807, 2.05) is 0 Å². The lowest BCUT2D eigenvalue weighted by Gasteiger charge is -2.37. The van der Waals surface area contributed by atoms with E-state index in [0.717, 1.165) is 12.8 Å². The Hall–Kier alpha value is -6.51. The molecular formula is C60H81N9O18S3. The molecule has 0 radical (unpaired) electrons. The molecule has 6 heterocycles. The number of nitrogens with zero attached hydrogens (tertiary/aromatic N) is 6. The average molecular weight is 1310 g/mol. The van der Waals surface area contributed by atoms with E-state index in [1.165, 1.54) is 66.1 Å². The van der Waals surface area contributed by atoms with Gasteiger partial charge in [0.2, 0.25) is 47.8 Å². The third-order valence-electron chi connectivity index (χ3n) is 16.5. The molecule has 3 aromatic rings. The van der Waals surface area contributed by atoms with Crippen molar-refractivity contribution in [2.24, 2.45) is 17.8 Å².